The van der Waals surface area contributed by atoms with Gasteiger partial charge in [-0.1, -0.05) is 0 Å². The molecule has 0 aliphatic heterocycles. The van der Waals surface area contributed by atoms with Crippen LogP contribution < -0.4 is 5.69 Å². The quantitative estimate of drug-likeness (QED) is 0.505. The second-order valence-corrected chi connectivity index (χ2v) is 2.20. The summed E-state index contributed by atoms with van der Waals surface area (Å²) in [4.78, 5) is 15.0. The Balaban J connectivity index is 3.04. The average Bonchev–Trinajstić information content (AvgIpc) is 2.30. The minimum atomic E-state index is -0.173. The lowest BCUT2D eigenvalue weighted by atomic mass is 10.7. The first-order chi connectivity index (χ1) is 5.29. The van der Waals surface area contributed by atoms with Gasteiger partial charge < -0.3 is 0 Å². The van der Waals surface area contributed by atoms with Gasteiger partial charge in [-0.15, -0.1) is 5.10 Å². The van der Waals surface area contributed by atoms with Crippen molar-refractivity contribution in [2.75, 3.05) is 0 Å². The molecule has 0 saturated carbocycles. The van der Waals surface area contributed by atoms with Crippen molar-refractivity contribution in [3.8, 4) is 0 Å². The minimum Gasteiger partial charge on any atom is -0.246 e. The monoisotopic (exact) mass is 150 g/mol. The highest BCUT2D eigenvalue weighted by Crippen LogP contribution is 1.87. The molecule has 2 aromatic heterocycles. The molecule has 0 aromatic carbocycles. The zero-order valence-electron chi connectivity index (χ0n) is 5.93. The summed E-state index contributed by atoms with van der Waals surface area (Å²) in [6.45, 7) is 0. The Kier molecular flexibility index (Phi) is 1.06. The molecule has 0 spiro atoms. The van der Waals surface area contributed by atoms with Gasteiger partial charge in [0.1, 0.15) is 0 Å². The van der Waals surface area contributed by atoms with Gasteiger partial charge in [0, 0.05) is 19.4 Å². The van der Waals surface area contributed by atoms with Crippen LogP contribution in [-0.4, -0.2) is 19.2 Å². The number of hydrogen-bond acceptors (Lipinski definition) is 3. The van der Waals surface area contributed by atoms with E-state index in [1.165, 1.54) is 9.08 Å². The van der Waals surface area contributed by atoms with Gasteiger partial charge in [0.05, 0.1) is 0 Å². The molecule has 11 heavy (non-hydrogen) atoms. The fraction of sp³-hybridized carbons (Fsp3) is 0.167. The SMILES string of the molecule is Cn1nc2ncccn2c1=O. The second-order valence-electron chi connectivity index (χ2n) is 2.20. The maximum absolute atomic E-state index is 11.2. The second kappa shape index (κ2) is 1.91. The third-order valence-corrected chi connectivity index (χ3v) is 1.45. The third-order valence-electron chi connectivity index (χ3n) is 1.45. The zero-order valence-corrected chi connectivity index (χ0v) is 5.93. The Bertz CT molecular complexity index is 441. The molecule has 2 heterocycles. The fourth-order valence-electron chi connectivity index (χ4n) is 0.919. The van der Waals surface area contributed by atoms with Crippen LogP contribution in [-0.2, 0) is 7.05 Å². The summed E-state index contributed by atoms with van der Waals surface area (Å²) in [5.74, 6) is 0.431. The molecule has 2 rings (SSSR count). The maximum atomic E-state index is 11.2. The predicted molar refractivity (Wildman–Crippen MR) is 38.2 cm³/mol. The molecule has 2 aromatic rings. The van der Waals surface area contributed by atoms with E-state index in [1.54, 1.807) is 25.5 Å². The number of hydrogen-bond donors (Lipinski definition) is 0. The van der Waals surface area contributed by atoms with Gasteiger partial charge in [0.15, 0.2) is 0 Å². The highest BCUT2D eigenvalue weighted by atomic mass is 16.2. The van der Waals surface area contributed by atoms with Gasteiger partial charge in [-0.05, 0) is 6.07 Å². The van der Waals surface area contributed by atoms with Crippen LogP contribution in [0.1, 0.15) is 0 Å². The molecular weight excluding hydrogens is 144 g/mol. The summed E-state index contributed by atoms with van der Waals surface area (Å²) >= 11 is 0. The van der Waals surface area contributed by atoms with Crippen molar-refractivity contribution in [1.29, 1.82) is 0 Å². The van der Waals surface area contributed by atoms with Crippen molar-refractivity contribution in [2.45, 2.75) is 0 Å². The number of aryl methyl sites for hydroxylation is 1. The largest absolute Gasteiger partial charge is 0.351 e. The molecule has 5 heteroatoms. The number of nitrogens with zero attached hydrogens (tertiary/aromatic N) is 4. The summed E-state index contributed by atoms with van der Waals surface area (Å²) < 4.78 is 2.64. The summed E-state index contributed by atoms with van der Waals surface area (Å²) in [5.41, 5.74) is -0.173. The van der Waals surface area contributed by atoms with Gasteiger partial charge in [-0.3, -0.25) is 0 Å². The first kappa shape index (κ1) is 6.09. The lowest BCUT2D eigenvalue weighted by molar-refractivity contribution is 0.732. The lowest BCUT2D eigenvalue weighted by Crippen LogP contribution is -2.17. The van der Waals surface area contributed by atoms with Crippen LogP contribution in [0.5, 0.6) is 0 Å². The van der Waals surface area contributed by atoms with Crippen LogP contribution >= 0.6 is 0 Å². The molecule has 0 aliphatic rings. The smallest absolute Gasteiger partial charge is 0.246 e. The van der Waals surface area contributed by atoms with Gasteiger partial charge in [-0.2, -0.15) is 0 Å². The van der Waals surface area contributed by atoms with E-state index in [4.69, 9.17) is 0 Å². The van der Waals surface area contributed by atoms with Crippen LogP contribution in [0.4, 0.5) is 0 Å². The summed E-state index contributed by atoms with van der Waals surface area (Å²) in [5, 5.41) is 3.87. The Labute approximate surface area is 61.9 Å². The predicted octanol–water partition coefficient (Wildman–Crippen LogP) is -0.572. The molecule has 0 saturated heterocycles. The molecule has 5 nitrogen and oxygen atoms in total. The third kappa shape index (κ3) is 0.739. The molecule has 0 fully saturated rings. The summed E-state index contributed by atoms with van der Waals surface area (Å²) in [6, 6.07) is 1.69. The molecule has 0 unspecified atom stereocenters. The Morgan fingerprint density at radius 2 is 2.36 bits per heavy atom. The van der Waals surface area contributed by atoms with Gasteiger partial charge in [0.2, 0.25) is 0 Å². The first-order valence-electron chi connectivity index (χ1n) is 3.15. The topological polar surface area (TPSA) is 52.2 Å². The van der Waals surface area contributed by atoms with E-state index in [1.807, 2.05) is 0 Å². The highest BCUT2D eigenvalue weighted by Gasteiger charge is 2.00. The van der Waals surface area contributed by atoms with E-state index in [0.717, 1.165) is 0 Å². The normalized spacial score (nSPS) is 10.6. The van der Waals surface area contributed by atoms with E-state index in [2.05, 4.69) is 10.1 Å². The average molecular weight is 150 g/mol. The molecule has 0 N–H and O–H groups in total. The van der Waals surface area contributed by atoms with Crippen molar-refractivity contribution in [3.05, 3.63) is 28.9 Å². The molecular formula is C6H6N4O. The van der Waals surface area contributed by atoms with E-state index < -0.39 is 0 Å². The Hall–Kier alpha value is -1.65. The standard InChI is InChI=1S/C6H6N4O/c1-9-6(11)10-4-2-3-7-5(10)8-9/h2-4H,1H3. The molecule has 0 amide bonds. The maximum Gasteiger partial charge on any atom is 0.351 e. The molecule has 0 radical (unpaired) electrons. The molecule has 0 bridgehead atoms. The number of fused-ring (bicyclic) bond motifs is 1. The van der Waals surface area contributed by atoms with Crippen molar-refractivity contribution in [2.24, 2.45) is 7.05 Å². The molecule has 56 valence electrons. The first-order valence-corrected chi connectivity index (χ1v) is 3.15. The number of aromatic nitrogens is 4. The Morgan fingerprint density at radius 3 is 3.09 bits per heavy atom. The zero-order chi connectivity index (χ0) is 7.84. The van der Waals surface area contributed by atoms with Gasteiger partial charge in [-0.25, -0.2) is 18.9 Å². The lowest BCUT2D eigenvalue weighted by Gasteiger charge is -1.83. The summed E-state index contributed by atoms with van der Waals surface area (Å²) in [6.07, 6.45) is 3.24. The minimum absolute atomic E-state index is 0.173. The van der Waals surface area contributed by atoms with Crippen LogP contribution in [0, 0.1) is 0 Å². The van der Waals surface area contributed by atoms with Crippen molar-refractivity contribution < 1.29 is 0 Å². The van der Waals surface area contributed by atoms with E-state index in [9.17, 15) is 4.79 Å². The van der Waals surface area contributed by atoms with Crippen LogP contribution in [0.25, 0.3) is 5.78 Å². The molecule has 0 atom stereocenters. The van der Waals surface area contributed by atoms with E-state index in [0.29, 0.717) is 5.78 Å². The van der Waals surface area contributed by atoms with Crippen LogP contribution in [0.15, 0.2) is 23.3 Å². The molecule has 0 aliphatic carbocycles. The Morgan fingerprint density at radius 1 is 1.55 bits per heavy atom. The fourth-order valence-corrected chi connectivity index (χ4v) is 0.919. The summed E-state index contributed by atoms with van der Waals surface area (Å²) in [7, 11) is 1.59. The van der Waals surface area contributed by atoms with E-state index >= 15 is 0 Å². The van der Waals surface area contributed by atoms with Gasteiger partial charge >= 0.3 is 5.69 Å². The highest BCUT2D eigenvalue weighted by molar-refractivity contribution is 5.23. The number of rotatable bonds is 0. The van der Waals surface area contributed by atoms with Crippen molar-refractivity contribution >= 4 is 5.78 Å². The van der Waals surface area contributed by atoms with Crippen molar-refractivity contribution in [3.63, 3.8) is 0 Å². The van der Waals surface area contributed by atoms with Crippen molar-refractivity contribution in [1.82, 2.24) is 19.2 Å². The van der Waals surface area contributed by atoms with Gasteiger partial charge in [0.25, 0.3) is 5.78 Å². The van der Waals surface area contributed by atoms with Crippen LogP contribution in [0.2, 0.25) is 0 Å². The van der Waals surface area contributed by atoms with Crippen LogP contribution in [0.3, 0.4) is 0 Å². The van der Waals surface area contributed by atoms with E-state index in [-0.39, 0.29) is 5.69 Å².